The zero-order valence-corrected chi connectivity index (χ0v) is 7.24. The smallest absolute Gasteiger partial charge is 0.338 e. The first kappa shape index (κ1) is 8.68. The van der Waals surface area contributed by atoms with Gasteiger partial charge in [-0.25, -0.2) is 14.2 Å². The molecule has 0 unspecified atom stereocenters. The number of hydrogen-bond donors (Lipinski definition) is 1. The van der Waals surface area contributed by atoms with E-state index in [0.717, 1.165) is 12.1 Å². The quantitative estimate of drug-likeness (QED) is 0.755. The van der Waals surface area contributed by atoms with E-state index in [1.54, 1.807) is 6.92 Å². The Morgan fingerprint density at radius 3 is 2.93 bits per heavy atom. The lowest BCUT2D eigenvalue weighted by atomic mass is 10.2. The number of aryl methyl sites for hydroxylation is 1. The predicted octanol–water partition coefficient (Wildman–Crippen LogP) is 1.97. The van der Waals surface area contributed by atoms with Crippen LogP contribution in [0.25, 0.3) is 11.1 Å². The first-order valence-electron chi connectivity index (χ1n) is 3.88. The maximum Gasteiger partial charge on any atom is 0.338 e. The number of nitrogens with zero attached hydrogens (tertiary/aromatic N) is 1. The summed E-state index contributed by atoms with van der Waals surface area (Å²) in [5.41, 5.74) is 0.194. The van der Waals surface area contributed by atoms with Gasteiger partial charge in [-0.3, -0.25) is 0 Å². The van der Waals surface area contributed by atoms with Crippen LogP contribution in [0, 0.1) is 12.7 Å². The van der Waals surface area contributed by atoms with E-state index in [0.29, 0.717) is 11.4 Å². The Bertz CT molecular complexity index is 518. The van der Waals surface area contributed by atoms with Crippen molar-refractivity contribution in [3.63, 3.8) is 0 Å². The van der Waals surface area contributed by atoms with Gasteiger partial charge < -0.3 is 9.52 Å². The van der Waals surface area contributed by atoms with Crippen LogP contribution in [-0.2, 0) is 0 Å². The summed E-state index contributed by atoms with van der Waals surface area (Å²) in [5.74, 6) is -1.75. The predicted molar refractivity (Wildman–Crippen MR) is 45.7 cm³/mol. The van der Waals surface area contributed by atoms with Crippen LogP contribution >= 0.6 is 0 Å². The number of rotatable bonds is 1. The van der Waals surface area contributed by atoms with Gasteiger partial charge in [0.05, 0.1) is 5.56 Å². The van der Waals surface area contributed by atoms with Gasteiger partial charge >= 0.3 is 5.97 Å². The molecule has 1 aromatic carbocycles. The average molecular weight is 195 g/mol. The van der Waals surface area contributed by atoms with E-state index in [-0.39, 0.29) is 5.58 Å². The Morgan fingerprint density at radius 2 is 2.29 bits per heavy atom. The molecular formula is C9H6FNO3. The number of hydrogen-bond acceptors (Lipinski definition) is 3. The number of aromatic carboxylic acids is 1. The van der Waals surface area contributed by atoms with Crippen molar-refractivity contribution in [1.29, 1.82) is 0 Å². The zero-order chi connectivity index (χ0) is 10.3. The molecule has 2 aromatic rings. The third kappa shape index (κ3) is 1.22. The second-order valence-corrected chi connectivity index (χ2v) is 2.84. The molecular weight excluding hydrogens is 189 g/mol. The Hall–Kier alpha value is -1.91. The lowest BCUT2D eigenvalue weighted by molar-refractivity contribution is 0.0692. The number of carboxylic acid groups (broad SMARTS) is 1. The first-order valence-corrected chi connectivity index (χ1v) is 3.88. The van der Waals surface area contributed by atoms with Crippen LogP contribution in [0.2, 0.25) is 0 Å². The van der Waals surface area contributed by atoms with Crippen LogP contribution in [0.5, 0.6) is 0 Å². The molecule has 1 N–H and O–H groups in total. The summed E-state index contributed by atoms with van der Waals surface area (Å²) in [5, 5.41) is 8.63. The highest BCUT2D eigenvalue weighted by Gasteiger charge is 2.14. The molecule has 0 bridgehead atoms. The number of oxazole rings is 1. The summed E-state index contributed by atoms with van der Waals surface area (Å²) in [7, 11) is 0. The van der Waals surface area contributed by atoms with Crippen molar-refractivity contribution in [2.24, 2.45) is 0 Å². The van der Waals surface area contributed by atoms with Crippen LogP contribution in [0.15, 0.2) is 16.5 Å². The fourth-order valence-electron chi connectivity index (χ4n) is 1.23. The molecule has 5 heteroatoms. The fraction of sp³-hybridized carbons (Fsp3) is 0.111. The maximum absolute atomic E-state index is 13.1. The molecule has 0 fully saturated rings. The number of halogens is 1. The van der Waals surface area contributed by atoms with Crippen LogP contribution < -0.4 is 0 Å². The van der Waals surface area contributed by atoms with Crippen LogP contribution in [0.1, 0.15) is 16.2 Å². The standard InChI is InChI=1S/C9H6FNO3/c1-4-11-7-3-6(10)5(9(12)13)2-8(7)14-4/h2-3H,1H3,(H,12,13). The van der Waals surface area contributed by atoms with E-state index < -0.39 is 17.3 Å². The van der Waals surface area contributed by atoms with Crippen LogP contribution in [-0.4, -0.2) is 16.1 Å². The summed E-state index contributed by atoms with van der Waals surface area (Å²) < 4.78 is 18.2. The van der Waals surface area contributed by atoms with Gasteiger partial charge in [-0.2, -0.15) is 0 Å². The van der Waals surface area contributed by atoms with Gasteiger partial charge in [0.1, 0.15) is 11.3 Å². The van der Waals surface area contributed by atoms with Crippen molar-refractivity contribution in [3.8, 4) is 0 Å². The zero-order valence-electron chi connectivity index (χ0n) is 7.24. The lowest BCUT2D eigenvalue weighted by Gasteiger charge is -1.95. The molecule has 0 atom stereocenters. The molecule has 2 rings (SSSR count). The van der Waals surface area contributed by atoms with Crippen molar-refractivity contribution >= 4 is 17.1 Å². The van der Waals surface area contributed by atoms with E-state index in [4.69, 9.17) is 9.52 Å². The molecule has 0 aliphatic rings. The van der Waals surface area contributed by atoms with Crippen molar-refractivity contribution in [2.45, 2.75) is 6.92 Å². The Morgan fingerprint density at radius 1 is 1.57 bits per heavy atom. The van der Waals surface area contributed by atoms with Gasteiger partial charge in [0, 0.05) is 19.1 Å². The molecule has 0 radical (unpaired) electrons. The number of benzene rings is 1. The topological polar surface area (TPSA) is 63.3 Å². The maximum atomic E-state index is 13.1. The molecule has 0 aliphatic heterocycles. The second-order valence-electron chi connectivity index (χ2n) is 2.84. The summed E-state index contributed by atoms with van der Waals surface area (Å²) >= 11 is 0. The van der Waals surface area contributed by atoms with Gasteiger partial charge in [-0.1, -0.05) is 0 Å². The van der Waals surface area contributed by atoms with E-state index in [1.165, 1.54) is 0 Å². The van der Waals surface area contributed by atoms with Gasteiger partial charge in [0.15, 0.2) is 11.5 Å². The molecule has 0 spiro atoms. The number of carbonyl (C=O) groups is 1. The van der Waals surface area contributed by atoms with Gasteiger partial charge in [-0.15, -0.1) is 0 Å². The SMILES string of the molecule is Cc1nc2cc(F)c(C(=O)O)cc2o1. The minimum absolute atomic E-state index is 0.279. The van der Waals surface area contributed by atoms with Gasteiger partial charge in [-0.05, 0) is 0 Å². The van der Waals surface area contributed by atoms with Crippen LogP contribution in [0.3, 0.4) is 0 Å². The molecule has 0 saturated carbocycles. The van der Waals surface area contributed by atoms with E-state index in [2.05, 4.69) is 4.98 Å². The molecule has 1 aromatic heterocycles. The summed E-state index contributed by atoms with van der Waals surface area (Å²) in [6.07, 6.45) is 0. The average Bonchev–Trinajstić information content (AvgIpc) is 2.42. The summed E-state index contributed by atoms with van der Waals surface area (Å²) in [6.45, 7) is 1.61. The number of aromatic nitrogens is 1. The lowest BCUT2D eigenvalue weighted by Crippen LogP contribution is -1.99. The molecule has 0 saturated heterocycles. The molecule has 0 amide bonds. The Labute approximate surface area is 78.0 Å². The van der Waals surface area contributed by atoms with Crippen molar-refractivity contribution < 1.29 is 18.7 Å². The van der Waals surface area contributed by atoms with E-state index in [1.807, 2.05) is 0 Å². The molecule has 72 valence electrons. The fourth-order valence-corrected chi connectivity index (χ4v) is 1.23. The molecule has 14 heavy (non-hydrogen) atoms. The van der Waals surface area contributed by atoms with Crippen molar-refractivity contribution in [2.75, 3.05) is 0 Å². The third-order valence-electron chi connectivity index (χ3n) is 1.81. The minimum Gasteiger partial charge on any atom is -0.478 e. The second kappa shape index (κ2) is 2.80. The van der Waals surface area contributed by atoms with Gasteiger partial charge in [0.25, 0.3) is 0 Å². The molecule has 1 heterocycles. The number of fused-ring (bicyclic) bond motifs is 1. The number of carboxylic acids is 1. The monoisotopic (exact) mass is 195 g/mol. The van der Waals surface area contributed by atoms with Crippen molar-refractivity contribution in [3.05, 3.63) is 29.4 Å². The Kier molecular flexibility index (Phi) is 1.73. The largest absolute Gasteiger partial charge is 0.478 e. The summed E-state index contributed by atoms with van der Waals surface area (Å²) in [6, 6.07) is 2.18. The van der Waals surface area contributed by atoms with Crippen molar-refractivity contribution in [1.82, 2.24) is 4.98 Å². The molecule has 4 nitrogen and oxygen atoms in total. The highest BCUT2D eigenvalue weighted by Crippen LogP contribution is 2.19. The molecule has 0 aliphatic carbocycles. The normalized spacial score (nSPS) is 10.7. The highest BCUT2D eigenvalue weighted by molar-refractivity contribution is 5.92. The third-order valence-corrected chi connectivity index (χ3v) is 1.81. The van der Waals surface area contributed by atoms with Gasteiger partial charge in [0.2, 0.25) is 0 Å². The highest BCUT2D eigenvalue weighted by atomic mass is 19.1. The minimum atomic E-state index is -1.32. The van der Waals surface area contributed by atoms with E-state index in [9.17, 15) is 9.18 Å². The van der Waals surface area contributed by atoms with E-state index >= 15 is 0 Å². The Balaban J connectivity index is 2.76. The first-order chi connectivity index (χ1) is 6.58. The van der Waals surface area contributed by atoms with Crippen LogP contribution in [0.4, 0.5) is 4.39 Å². The summed E-state index contributed by atoms with van der Waals surface area (Å²) in [4.78, 5) is 14.4.